The summed E-state index contributed by atoms with van der Waals surface area (Å²) in [5, 5.41) is 0.548. The van der Waals surface area contributed by atoms with Crippen molar-refractivity contribution in [3.8, 4) is 0 Å². The fourth-order valence-electron chi connectivity index (χ4n) is 1.03. The lowest BCUT2D eigenvalue weighted by Gasteiger charge is -2.28. The van der Waals surface area contributed by atoms with E-state index < -0.39 is 0 Å². The predicted octanol–water partition coefficient (Wildman–Crippen LogP) is 3.89. The van der Waals surface area contributed by atoms with Crippen LogP contribution in [0.15, 0.2) is 0 Å². The van der Waals surface area contributed by atoms with Crippen LogP contribution in [0.2, 0.25) is 11.6 Å². The Morgan fingerprint density at radius 3 is 1.75 bits per heavy atom. The highest BCUT2D eigenvalue weighted by Gasteiger charge is 2.22. The molecule has 1 heteroatoms. The van der Waals surface area contributed by atoms with Crippen LogP contribution >= 0.6 is 0 Å². The van der Waals surface area contributed by atoms with Crippen LogP contribution in [0.4, 0.5) is 0 Å². The molecule has 0 aromatic heterocycles. The Bertz CT molecular complexity index is 109. The van der Waals surface area contributed by atoms with Crippen LogP contribution in [-0.4, -0.2) is 7.28 Å². The maximum atomic E-state index is 2.37. The first kappa shape index (κ1) is 12.1. The SMILES string of the molecule is CCC(C)(C)BCC(C)(C)CC. The minimum absolute atomic E-state index is 0.548. The van der Waals surface area contributed by atoms with E-state index in [-0.39, 0.29) is 0 Å². The minimum Gasteiger partial charge on any atom is -0.0718 e. The van der Waals surface area contributed by atoms with Gasteiger partial charge in [0, 0.05) is 0 Å². The summed E-state index contributed by atoms with van der Waals surface area (Å²) in [6, 6.07) is 0. The monoisotopic (exact) mass is 168 g/mol. The third kappa shape index (κ3) is 4.85. The lowest BCUT2D eigenvalue weighted by atomic mass is 9.47. The summed E-state index contributed by atoms with van der Waals surface area (Å²) in [7, 11) is 1.37. The Kier molecular flexibility index (Phi) is 4.37. The number of hydrogen-bond donors (Lipinski definition) is 0. The topological polar surface area (TPSA) is 0 Å². The molecule has 0 atom stereocenters. The second kappa shape index (κ2) is 4.34. The minimum atomic E-state index is 0.548. The van der Waals surface area contributed by atoms with Gasteiger partial charge in [-0.25, -0.2) is 0 Å². The highest BCUT2D eigenvalue weighted by atomic mass is 14.2. The van der Waals surface area contributed by atoms with Crippen LogP contribution < -0.4 is 0 Å². The van der Waals surface area contributed by atoms with Crippen molar-refractivity contribution in [1.29, 1.82) is 0 Å². The molecule has 0 N–H and O–H groups in total. The fourth-order valence-corrected chi connectivity index (χ4v) is 1.03. The van der Waals surface area contributed by atoms with E-state index in [9.17, 15) is 0 Å². The molecule has 0 heterocycles. The first-order valence-electron chi connectivity index (χ1n) is 5.33. The van der Waals surface area contributed by atoms with E-state index in [1.54, 1.807) is 0 Å². The first-order valence-corrected chi connectivity index (χ1v) is 5.33. The van der Waals surface area contributed by atoms with E-state index in [4.69, 9.17) is 0 Å². The van der Waals surface area contributed by atoms with Gasteiger partial charge in [-0.2, -0.15) is 0 Å². The molecule has 0 amide bonds. The highest BCUT2D eigenvalue weighted by molar-refractivity contribution is 6.39. The van der Waals surface area contributed by atoms with E-state index in [2.05, 4.69) is 41.5 Å². The summed E-state index contributed by atoms with van der Waals surface area (Å²) < 4.78 is 0. The van der Waals surface area contributed by atoms with Crippen molar-refractivity contribution in [3.63, 3.8) is 0 Å². The van der Waals surface area contributed by atoms with E-state index in [1.807, 2.05) is 0 Å². The van der Waals surface area contributed by atoms with Crippen molar-refractivity contribution < 1.29 is 0 Å². The Morgan fingerprint density at radius 2 is 1.42 bits per heavy atom. The van der Waals surface area contributed by atoms with Gasteiger partial charge < -0.3 is 0 Å². The summed E-state index contributed by atoms with van der Waals surface area (Å²) in [4.78, 5) is 0. The van der Waals surface area contributed by atoms with Crippen LogP contribution in [0.1, 0.15) is 54.4 Å². The van der Waals surface area contributed by atoms with Gasteiger partial charge in [0.25, 0.3) is 0 Å². The van der Waals surface area contributed by atoms with Crippen LogP contribution in [-0.2, 0) is 0 Å². The van der Waals surface area contributed by atoms with Gasteiger partial charge in [-0.15, -0.1) is 0 Å². The van der Waals surface area contributed by atoms with Crippen molar-refractivity contribution in [1.82, 2.24) is 0 Å². The Hall–Kier alpha value is 0.0649. The third-order valence-corrected chi connectivity index (χ3v) is 3.39. The van der Waals surface area contributed by atoms with Gasteiger partial charge in [0.1, 0.15) is 7.28 Å². The maximum absolute atomic E-state index is 2.37. The third-order valence-electron chi connectivity index (χ3n) is 3.39. The van der Waals surface area contributed by atoms with Gasteiger partial charge in [-0.3, -0.25) is 0 Å². The largest absolute Gasteiger partial charge is 0.127 e. The molecule has 0 aromatic rings. The number of rotatable bonds is 5. The summed E-state index contributed by atoms with van der Waals surface area (Å²) >= 11 is 0. The lowest BCUT2D eigenvalue weighted by molar-refractivity contribution is 0.391. The average Bonchev–Trinajstić information content (AvgIpc) is 2.02. The van der Waals surface area contributed by atoms with Crippen molar-refractivity contribution in [2.75, 3.05) is 0 Å². The normalized spacial score (nSPS) is 13.2. The quantitative estimate of drug-likeness (QED) is 0.546. The van der Waals surface area contributed by atoms with E-state index >= 15 is 0 Å². The molecule has 0 fully saturated rings. The Morgan fingerprint density at radius 1 is 0.917 bits per heavy atom. The van der Waals surface area contributed by atoms with Gasteiger partial charge in [-0.05, 0) is 5.41 Å². The molecule has 0 aliphatic heterocycles. The molecule has 0 saturated heterocycles. The zero-order chi connectivity index (χ0) is 9.83. The number of hydrogen-bond acceptors (Lipinski definition) is 0. The standard InChI is InChI=1S/C11H25B/c1-7-10(3,4)9-12-11(5,6)8-2/h12H,7-9H2,1-6H3. The van der Waals surface area contributed by atoms with Crippen molar-refractivity contribution >= 4 is 7.28 Å². The Labute approximate surface area is 79.4 Å². The average molecular weight is 168 g/mol. The second-order valence-electron chi connectivity index (χ2n) is 5.54. The van der Waals surface area contributed by atoms with Crippen LogP contribution in [0.3, 0.4) is 0 Å². The molecule has 0 bridgehead atoms. The lowest BCUT2D eigenvalue weighted by Crippen LogP contribution is -2.19. The molecule has 0 saturated carbocycles. The Balaban J connectivity index is 3.82. The molecular weight excluding hydrogens is 143 g/mol. The second-order valence-corrected chi connectivity index (χ2v) is 5.54. The van der Waals surface area contributed by atoms with Gasteiger partial charge in [0.15, 0.2) is 0 Å². The summed E-state index contributed by atoms with van der Waals surface area (Å²) in [6.45, 7) is 14.1. The summed E-state index contributed by atoms with van der Waals surface area (Å²) in [5.74, 6) is 0. The first-order chi connectivity index (χ1) is 5.33. The molecule has 0 aliphatic rings. The van der Waals surface area contributed by atoms with E-state index in [1.165, 1.54) is 26.4 Å². The zero-order valence-electron chi connectivity index (χ0n) is 9.83. The molecule has 0 spiro atoms. The molecular formula is C11H25B. The summed E-state index contributed by atoms with van der Waals surface area (Å²) in [5.41, 5.74) is 0.548. The molecule has 12 heavy (non-hydrogen) atoms. The molecule has 0 aromatic carbocycles. The predicted molar refractivity (Wildman–Crippen MR) is 60.4 cm³/mol. The fraction of sp³-hybridized carbons (Fsp3) is 1.00. The molecule has 0 nitrogen and oxygen atoms in total. The van der Waals surface area contributed by atoms with Crippen LogP contribution in [0, 0.1) is 5.41 Å². The molecule has 0 radical (unpaired) electrons. The highest BCUT2D eigenvalue weighted by Crippen LogP contribution is 2.34. The van der Waals surface area contributed by atoms with Crippen LogP contribution in [0.25, 0.3) is 0 Å². The van der Waals surface area contributed by atoms with E-state index in [0.29, 0.717) is 10.7 Å². The molecule has 0 unspecified atom stereocenters. The zero-order valence-corrected chi connectivity index (χ0v) is 9.83. The summed E-state index contributed by atoms with van der Waals surface area (Å²) in [6.07, 6.45) is 3.96. The smallest absolute Gasteiger partial charge is 0.0718 e. The molecule has 72 valence electrons. The van der Waals surface area contributed by atoms with Crippen molar-refractivity contribution in [2.45, 2.75) is 66.0 Å². The molecule has 0 rings (SSSR count). The van der Waals surface area contributed by atoms with Gasteiger partial charge in [0.2, 0.25) is 0 Å². The van der Waals surface area contributed by atoms with E-state index in [0.717, 1.165) is 0 Å². The van der Waals surface area contributed by atoms with Gasteiger partial charge in [-0.1, -0.05) is 66.0 Å². The van der Waals surface area contributed by atoms with Crippen molar-refractivity contribution in [2.24, 2.45) is 5.41 Å². The molecule has 0 aliphatic carbocycles. The maximum Gasteiger partial charge on any atom is 0.127 e. The van der Waals surface area contributed by atoms with Gasteiger partial charge >= 0.3 is 0 Å². The van der Waals surface area contributed by atoms with Gasteiger partial charge in [0.05, 0.1) is 0 Å². The van der Waals surface area contributed by atoms with Crippen LogP contribution in [0.5, 0.6) is 0 Å². The van der Waals surface area contributed by atoms with Crippen molar-refractivity contribution in [3.05, 3.63) is 0 Å².